The number of nitrogens with one attached hydrogen (secondary N) is 1. The van der Waals surface area contributed by atoms with Crippen molar-refractivity contribution in [3.8, 4) is 11.5 Å². The summed E-state index contributed by atoms with van der Waals surface area (Å²) in [5, 5.41) is 3.52. The van der Waals surface area contributed by atoms with Gasteiger partial charge in [0.2, 0.25) is 0 Å². The predicted molar refractivity (Wildman–Crippen MR) is 90.0 cm³/mol. The Bertz CT molecular complexity index is 650. The minimum Gasteiger partial charge on any atom is -0.456 e. The summed E-state index contributed by atoms with van der Waals surface area (Å²) in [4.78, 5) is 0. The van der Waals surface area contributed by atoms with Gasteiger partial charge in [0.05, 0.1) is 4.47 Å². The van der Waals surface area contributed by atoms with Gasteiger partial charge in [0.1, 0.15) is 11.5 Å². The molecule has 0 unspecified atom stereocenters. The molecule has 2 aromatic carbocycles. The van der Waals surface area contributed by atoms with Crippen molar-refractivity contribution < 1.29 is 4.74 Å². The molecule has 0 aliphatic heterocycles. The zero-order valence-corrected chi connectivity index (χ0v) is 14.0. The van der Waals surface area contributed by atoms with E-state index in [0.717, 1.165) is 34.1 Å². The molecule has 0 heterocycles. The summed E-state index contributed by atoms with van der Waals surface area (Å²) in [6.45, 7) is 5.09. The van der Waals surface area contributed by atoms with E-state index >= 15 is 0 Å². The Morgan fingerprint density at radius 2 is 1.86 bits per heavy atom. The summed E-state index contributed by atoms with van der Waals surface area (Å²) in [7, 11) is 0. The summed E-state index contributed by atoms with van der Waals surface area (Å²) >= 11 is 3.61. The molecule has 0 amide bonds. The third kappa shape index (κ3) is 3.86. The number of halogens is 1. The van der Waals surface area contributed by atoms with Gasteiger partial charge in [0, 0.05) is 12.6 Å². The number of aryl methyl sites for hydroxylation is 2. The van der Waals surface area contributed by atoms with Crippen LogP contribution in [-0.2, 0) is 6.54 Å². The highest BCUT2D eigenvalue weighted by molar-refractivity contribution is 9.10. The molecule has 21 heavy (non-hydrogen) atoms. The normalized spacial score (nSPS) is 14.2. The van der Waals surface area contributed by atoms with Crippen molar-refractivity contribution in [1.29, 1.82) is 0 Å². The summed E-state index contributed by atoms with van der Waals surface area (Å²) in [6, 6.07) is 13.3. The van der Waals surface area contributed by atoms with Crippen LogP contribution in [0.25, 0.3) is 0 Å². The van der Waals surface area contributed by atoms with Crippen molar-refractivity contribution in [2.75, 3.05) is 0 Å². The Labute approximate surface area is 134 Å². The fraction of sp³-hybridized carbons (Fsp3) is 0.333. The molecule has 2 nitrogen and oxygen atoms in total. The van der Waals surface area contributed by atoms with E-state index in [9.17, 15) is 0 Å². The van der Waals surface area contributed by atoms with Crippen LogP contribution in [0.2, 0.25) is 0 Å². The highest BCUT2D eigenvalue weighted by atomic mass is 79.9. The second-order valence-electron chi connectivity index (χ2n) is 5.79. The predicted octanol–water partition coefficient (Wildman–Crippen LogP) is 5.11. The van der Waals surface area contributed by atoms with Crippen LogP contribution in [0.3, 0.4) is 0 Å². The van der Waals surface area contributed by atoms with Gasteiger partial charge in [-0.3, -0.25) is 0 Å². The molecule has 3 rings (SSSR count). The average molecular weight is 346 g/mol. The lowest BCUT2D eigenvalue weighted by molar-refractivity contribution is 0.475. The van der Waals surface area contributed by atoms with Crippen molar-refractivity contribution >= 4 is 15.9 Å². The maximum absolute atomic E-state index is 6.02. The van der Waals surface area contributed by atoms with Gasteiger partial charge in [-0.25, -0.2) is 0 Å². The lowest BCUT2D eigenvalue weighted by atomic mass is 10.1. The molecule has 0 radical (unpaired) electrons. The second kappa shape index (κ2) is 6.20. The summed E-state index contributed by atoms with van der Waals surface area (Å²) < 4.78 is 7.02. The second-order valence-corrected chi connectivity index (χ2v) is 6.65. The van der Waals surface area contributed by atoms with E-state index in [1.165, 1.54) is 24.0 Å². The zero-order valence-electron chi connectivity index (χ0n) is 12.4. The maximum atomic E-state index is 6.02. The van der Waals surface area contributed by atoms with Crippen molar-refractivity contribution in [2.24, 2.45) is 0 Å². The molecule has 0 bridgehead atoms. The minimum atomic E-state index is 0.731. The van der Waals surface area contributed by atoms with E-state index in [1.54, 1.807) is 0 Å². The Hall–Kier alpha value is -1.32. The molecule has 1 aliphatic rings. The minimum absolute atomic E-state index is 0.731. The molecule has 2 aromatic rings. The van der Waals surface area contributed by atoms with Gasteiger partial charge in [-0.15, -0.1) is 0 Å². The highest BCUT2D eigenvalue weighted by Gasteiger charge is 2.20. The molecule has 3 heteroatoms. The van der Waals surface area contributed by atoms with Crippen LogP contribution >= 0.6 is 15.9 Å². The number of rotatable bonds is 5. The first-order valence-corrected chi connectivity index (χ1v) is 8.18. The lowest BCUT2D eigenvalue weighted by Crippen LogP contribution is -2.15. The fourth-order valence-electron chi connectivity index (χ4n) is 2.32. The van der Waals surface area contributed by atoms with Gasteiger partial charge in [-0.05, 0) is 71.9 Å². The van der Waals surface area contributed by atoms with Crippen LogP contribution in [0.1, 0.15) is 29.5 Å². The van der Waals surface area contributed by atoms with Gasteiger partial charge in [-0.2, -0.15) is 0 Å². The Morgan fingerprint density at radius 1 is 1.10 bits per heavy atom. The molecule has 0 atom stereocenters. The molecule has 0 spiro atoms. The van der Waals surface area contributed by atoms with Crippen molar-refractivity contribution in [3.05, 3.63) is 57.6 Å². The van der Waals surface area contributed by atoms with Crippen LogP contribution in [0.4, 0.5) is 0 Å². The van der Waals surface area contributed by atoms with Crippen LogP contribution in [0.5, 0.6) is 11.5 Å². The first-order chi connectivity index (χ1) is 10.1. The molecule has 110 valence electrons. The van der Waals surface area contributed by atoms with Crippen molar-refractivity contribution in [1.82, 2.24) is 5.32 Å². The molecular weight excluding hydrogens is 326 g/mol. The standard InChI is InChI=1S/C18H20BrNO/c1-12-3-7-17(13(2)9-12)21-18-8-4-14(10-16(18)19)11-20-15-5-6-15/h3-4,7-10,15,20H,5-6,11H2,1-2H3. The van der Waals surface area contributed by atoms with Crippen LogP contribution < -0.4 is 10.1 Å². The topological polar surface area (TPSA) is 21.3 Å². The summed E-state index contributed by atoms with van der Waals surface area (Å²) in [5.41, 5.74) is 3.68. The SMILES string of the molecule is Cc1ccc(Oc2ccc(CNC3CC3)cc2Br)c(C)c1. The Kier molecular flexibility index (Phi) is 4.32. The Morgan fingerprint density at radius 3 is 2.52 bits per heavy atom. The molecule has 1 aliphatic carbocycles. The van der Waals surface area contributed by atoms with Crippen molar-refractivity contribution in [3.63, 3.8) is 0 Å². The molecule has 1 saturated carbocycles. The molecular formula is C18H20BrNO. The summed E-state index contributed by atoms with van der Waals surface area (Å²) in [6.07, 6.45) is 2.63. The van der Waals surface area contributed by atoms with E-state index in [1.807, 2.05) is 12.1 Å². The molecule has 0 aromatic heterocycles. The number of hydrogen-bond donors (Lipinski definition) is 1. The van der Waals surface area contributed by atoms with Crippen LogP contribution in [-0.4, -0.2) is 6.04 Å². The van der Waals surface area contributed by atoms with Crippen molar-refractivity contribution in [2.45, 2.75) is 39.3 Å². The monoisotopic (exact) mass is 345 g/mol. The first kappa shape index (κ1) is 14.6. The Balaban J connectivity index is 1.72. The zero-order chi connectivity index (χ0) is 14.8. The van der Waals surface area contributed by atoms with Crippen LogP contribution in [0, 0.1) is 13.8 Å². The molecule has 1 fully saturated rings. The van der Waals surface area contributed by atoms with Gasteiger partial charge in [-0.1, -0.05) is 23.8 Å². The first-order valence-electron chi connectivity index (χ1n) is 7.39. The van der Waals surface area contributed by atoms with Gasteiger partial charge in [0.25, 0.3) is 0 Å². The quantitative estimate of drug-likeness (QED) is 0.812. The van der Waals surface area contributed by atoms with E-state index in [-0.39, 0.29) is 0 Å². The lowest BCUT2D eigenvalue weighted by Gasteiger charge is -2.12. The third-order valence-electron chi connectivity index (χ3n) is 3.72. The highest BCUT2D eigenvalue weighted by Crippen LogP contribution is 2.32. The van der Waals surface area contributed by atoms with E-state index in [0.29, 0.717) is 0 Å². The number of ether oxygens (including phenoxy) is 1. The van der Waals surface area contributed by atoms with Gasteiger partial charge >= 0.3 is 0 Å². The maximum Gasteiger partial charge on any atom is 0.141 e. The summed E-state index contributed by atoms with van der Waals surface area (Å²) in [5.74, 6) is 1.77. The molecule has 0 saturated heterocycles. The van der Waals surface area contributed by atoms with E-state index < -0.39 is 0 Å². The van der Waals surface area contributed by atoms with Crippen LogP contribution in [0.15, 0.2) is 40.9 Å². The fourth-order valence-corrected chi connectivity index (χ4v) is 2.83. The third-order valence-corrected chi connectivity index (χ3v) is 4.34. The van der Waals surface area contributed by atoms with E-state index in [2.05, 4.69) is 59.4 Å². The molecule has 1 N–H and O–H groups in total. The van der Waals surface area contributed by atoms with Gasteiger partial charge in [0.15, 0.2) is 0 Å². The smallest absolute Gasteiger partial charge is 0.141 e. The van der Waals surface area contributed by atoms with E-state index in [4.69, 9.17) is 4.74 Å². The number of hydrogen-bond acceptors (Lipinski definition) is 2. The average Bonchev–Trinajstić information content (AvgIpc) is 3.26. The largest absolute Gasteiger partial charge is 0.456 e. The number of benzene rings is 2. The van der Waals surface area contributed by atoms with Gasteiger partial charge < -0.3 is 10.1 Å².